The number of aryl methyl sites for hydroxylation is 2. The number of hydrogen-bond donors (Lipinski definition) is 3. The smallest absolute Gasteiger partial charge is 0.272 e. The molecule has 0 bridgehead atoms. The van der Waals surface area contributed by atoms with Gasteiger partial charge >= 0.3 is 0 Å². The van der Waals surface area contributed by atoms with Crippen molar-refractivity contribution in [3.8, 4) is 11.6 Å². The van der Waals surface area contributed by atoms with E-state index in [0.717, 1.165) is 22.9 Å². The van der Waals surface area contributed by atoms with Crippen LogP contribution in [-0.4, -0.2) is 92.8 Å². The van der Waals surface area contributed by atoms with Crippen LogP contribution in [0.25, 0.3) is 10.9 Å². The highest BCUT2D eigenvalue weighted by atomic mass is 79.9. The molecule has 15 nitrogen and oxygen atoms in total. The van der Waals surface area contributed by atoms with Gasteiger partial charge in [-0.25, -0.2) is 13.4 Å². The van der Waals surface area contributed by atoms with E-state index in [1.807, 2.05) is 45.1 Å². The molecule has 7 rings (SSSR count). The number of hydrogen-bond acceptors (Lipinski definition) is 10. The van der Waals surface area contributed by atoms with Crippen LogP contribution in [-0.2, 0) is 31.5 Å². The summed E-state index contributed by atoms with van der Waals surface area (Å²) in [5, 5.41) is 10.7. The molecule has 3 fully saturated rings. The summed E-state index contributed by atoms with van der Waals surface area (Å²) in [5.41, 5.74) is 0.205. The molecule has 17 heteroatoms. The minimum atomic E-state index is -4.00. The van der Waals surface area contributed by atoms with Gasteiger partial charge in [0, 0.05) is 41.5 Å². The lowest BCUT2D eigenvalue weighted by molar-refractivity contribution is -0.141. The molecule has 1 saturated heterocycles. The van der Waals surface area contributed by atoms with E-state index < -0.39 is 68.0 Å². The van der Waals surface area contributed by atoms with E-state index in [1.54, 1.807) is 32.3 Å². The first-order chi connectivity index (χ1) is 27.0. The van der Waals surface area contributed by atoms with Crippen LogP contribution in [0.1, 0.15) is 94.6 Å². The topological polar surface area (TPSA) is 191 Å². The monoisotopic (exact) mass is 867 g/mol. The third-order valence-electron chi connectivity index (χ3n) is 11.4. The van der Waals surface area contributed by atoms with Crippen molar-refractivity contribution in [2.45, 2.75) is 120 Å². The van der Waals surface area contributed by atoms with Gasteiger partial charge in [-0.15, -0.1) is 0 Å². The number of halogens is 1. The maximum Gasteiger partial charge on any atom is 0.272 e. The number of aromatic nitrogens is 3. The third kappa shape index (κ3) is 8.41. The Kier molecular flexibility index (Phi) is 11.2. The Labute approximate surface area is 340 Å². The number of carbonyl (C=O) groups is 4. The molecule has 57 heavy (non-hydrogen) atoms. The number of fused-ring (bicyclic) bond motifs is 3. The number of rotatable bonds is 9. The third-order valence-corrected chi connectivity index (χ3v) is 14.6. The average molecular weight is 869 g/mol. The number of allylic oxidation sites excluding steroid dienone is 1. The van der Waals surface area contributed by atoms with Gasteiger partial charge in [0.05, 0.1) is 22.9 Å². The molecule has 4 heterocycles. The standard InChI is InChI=1S/C40H50BrN7O8S/c1-23(2)55-32-20-31(27-14-13-24(3)33(41)34(27)43-32)56-26-19-30-36(50)44-40(38(52)46-57(53,54)39(4)16-17-39)21-25(40)11-9-7-6-8-10-12-29(37(51)48(30)22-26)42-35(49)28-15-18-47(5)45-28/h9,11,13-15,18,20,23,25-26,29-30H,6-8,10,12,16-17,19,21-22H2,1-5H3,(H,42,49)(H,44,50)(H,46,52)/t25-,26-,29+,30+,40-/m1/s1. The van der Waals surface area contributed by atoms with E-state index in [-0.39, 0.29) is 31.2 Å². The summed E-state index contributed by atoms with van der Waals surface area (Å²) in [6.07, 6.45) is 8.88. The molecule has 4 aliphatic rings. The van der Waals surface area contributed by atoms with Crippen molar-refractivity contribution < 1.29 is 37.1 Å². The Hall–Kier alpha value is -4.51. The van der Waals surface area contributed by atoms with Gasteiger partial charge in [0.2, 0.25) is 27.7 Å². The predicted octanol–water partition coefficient (Wildman–Crippen LogP) is 4.37. The Balaban J connectivity index is 1.23. The van der Waals surface area contributed by atoms with Gasteiger partial charge in [-0.2, -0.15) is 5.10 Å². The van der Waals surface area contributed by atoms with Crippen molar-refractivity contribution >= 4 is 60.5 Å². The Morgan fingerprint density at radius 2 is 1.89 bits per heavy atom. The first-order valence-corrected chi connectivity index (χ1v) is 21.9. The Morgan fingerprint density at radius 3 is 2.60 bits per heavy atom. The van der Waals surface area contributed by atoms with Gasteiger partial charge in [-0.05, 0) is 99.8 Å². The molecule has 2 aromatic heterocycles. The van der Waals surface area contributed by atoms with Crippen molar-refractivity contribution in [3.63, 3.8) is 0 Å². The second-order valence-electron chi connectivity index (χ2n) is 16.3. The van der Waals surface area contributed by atoms with E-state index in [1.165, 1.54) is 9.58 Å². The highest BCUT2D eigenvalue weighted by Gasteiger charge is 2.63. The summed E-state index contributed by atoms with van der Waals surface area (Å²) in [5.74, 6) is -2.08. The zero-order valence-electron chi connectivity index (χ0n) is 32.8. The normalized spacial score (nSPS) is 26.1. The maximum atomic E-state index is 14.7. The van der Waals surface area contributed by atoms with Crippen molar-refractivity contribution in [3.05, 3.63) is 58.3 Å². The molecule has 0 radical (unpaired) electrons. The molecule has 2 saturated carbocycles. The van der Waals surface area contributed by atoms with Crippen LogP contribution < -0.4 is 24.8 Å². The minimum absolute atomic E-state index is 0.0145. The van der Waals surface area contributed by atoms with E-state index in [9.17, 15) is 27.6 Å². The lowest BCUT2D eigenvalue weighted by atomic mass is 10.0. The molecule has 0 spiro atoms. The second-order valence-corrected chi connectivity index (χ2v) is 19.3. The molecular weight excluding hydrogens is 818 g/mol. The maximum absolute atomic E-state index is 14.7. The first-order valence-electron chi connectivity index (χ1n) is 19.6. The zero-order chi connectivity index (χ0) is 40.9. The number of ether oxygens (including phenoxy) is 2. The predicted molar refractivity (Wildman–Crippen MR) is 215 cm³/mol. The number of carbonyl (C=O) groups excluding carboxylic acids is 4. The fourth-order valence-corrected chi connectivity index (χ4v) is 9.35. The summed E-state index contributed by atoms with van der Waals surface area (Å²) < 4.78 is 42.6. The largest absolute Gasteiger partial charge is 0.488 e. The van der Waals surface area contributed by atoms with Crippen molar-refractivity contribution in [1.82, 2.24) is 35.0 Å². The van der Waals surface area contributed by atoms with E-state index in [0.29, 0.717) is 54.6 Å². The fraction of sp³-hybridized carbons (Fsp3) is 0.550. The van der Waals surface area contributed by atoms with Crippen molar-refractivity contribution in [2.75, 3.05) is 6.54 Å². The van der Waals surface area contributed by atoms with Gasteiger partial charge < -0.3 is 25.0 Å². The van der Waals surface area contributed by atoms with Crippen LogP contribution in [0, 0.1) is 12.8 Å². The van der Waals surface area contributed by atoms with Gasteiger partial charge in [0.25, 0.3) is 11.8 Å². The molecule has 2 aliphatic heterocycles. The second kappa shape index (κ2) is 15.7. The van der Waals surface area contributed by atoms with E-state index in [4.69, 9.17) is 14.5 Å². The molecule has 3 N–H and O–H groups in total. The van der Waals surface area contributed by atoms with Crippen LogP contribution in [0.2, 0.25) is 0 Å². The van der Waals surface area contributed by atoms with Gasteiger partial charge in [0.1, 0.15) is 35.2 Å². The molecule has 3 aromatic rings. The Bertz CT molecular complexity index is 2240. The molecule has 0 unspecified atom stereocenters. The average Bonchev–Trinajstić information content (AvgIpc) is 3.95. The van der Waals surface area contributed by atoms with Crippen molar-refractivity contribution in [2.24, 2.45) is 13.0 Å². The SMILES string of the molecule is Cc1ccc2c(O[C@@H]3C[C@H]4C(=O)N[C@]5(C(=O)NS(=O)(=O)C6(C)CC6)C[C@H]5C=CCCCCC[C@H](NC(=O)c5ccn(C)n5)C(=O)N4C3)cc(OC(C)C)nc2c1Br. The number of pyridine rings is 1. The minimum Gasteiger partial charge on any atom is -0.488 e. The van der Waals surface area contributed by atoms with Gasteiger partial charge in [0.15, 0.2) is 0 Å². The van der Waals surface area contributed by atoms with Crippen LogP contribution in [0.15, 0.2) is 47.1 Å². The molecule has 1 aromatic carbocycles. The molecule has 4 amide bonds. The van der Waals surface area contributed by atoms with Crippen LogP contribution in [0.5, 0.6) is 11.6 Å². The zero-order valence-corrected chi connectivity index (χ0v) is 35.2. The summed E-state index contributed by atoms with van der Waals surface area (Å²) in [6.45, 7) is 7.31. The van der Waals surface area contributed by atoms with Gasteiger partial charge in [-0.3, -0.25) is 28.6 Å². The van der Waals surface area contributed by atoms with Crippen LogP contribution in [0.4, 0.5) is 0 Å². The van der Waals surface area contributed by atoms with Crippen molar-refractivity contribution in [1.29, 1.82) is 0 Å². The highest BCUT2D eigenvalue weighted by Crippen LogP contribution is 2.47. The number of sulfonamides is 1. The molecule has 2 aliphatic carbocycles. The summed E-state index contributed by atoms with van der Waals surface area (Å²) in [6, 6.07) is 4.97. The molecule has 306 valence electrons. The van der Waals surface area contributed by atoms with E-state index >= 15 is 0 Å². The van der Waals surface area contributed by atoms with Crippen LogP contribution in [0.3, 0.4) is 0 Å². The number of benzene rings is 1. The summed E-state index contributed by atoms with van der Waals surface area (Å²) in [7, 11) is -2.31. The summed E-state index contributed by atoms with van der Waals surface area (Å²) >= 11 is 3.66. The fourth-order valence-electron chi connectivity index (χ4n) is 7.60. The quantitative estimate of drug-likeness (QED) is 0.261. The number of nitrogens with zero attached hydrogens (tertiary/aromatic N) is 4. The Morgan fingerprint density at radius 1 is 1.12 bits per heavy atom. The van der Waals surface area contributed by atoms with Gasteiger partial charge in [-0.1, -0.05) is 31.1 Å². The van der Waals surface area contributed by atoms with E-state index in [2.05, 4.69) is 36.4 Å². The lowest BCUT2D eigenvalue weighted by Gasteiger charge is -2.30. The number of nitrogens with one attached hydrogen (secondary N) is 3. The number of amides is 4. The lowest BCUT2D eigenvalue weighted by Crippen LogP contribution is -2.58. The van der Waals surface area contributed by atoms with Crippen LogP contribution >= 0.6 is 15.9 Å². The highest BCUT2D eigenvalue weighted by molar-refractivity contribution is 9.10. The molecular formula is C40H50BrN7O8S. The summed E-state index contributed by atoms with van der Waals surface area (Å²) in [4.78, 5) is 62.8. The first kappa shape index (κ1) is 40.7. The molecule has 5 atom stereocenters.